The predicted molar refractivity (Wildman–Crippen MR) is 89.0 cm³/mol. The number of amides is 1. The third kappa shape index (κ3) is 3.84. The van der Waals surface area contributed by atoms with Crippen LogP contribution in [0.4, 0.5) is 13.2 Å². The monoisotopic (exact) mass is 394 g/mol. The molecule has 3 heterocycles. The topological polar surface area (TPSA) is 61.6 Å². The fraction of sp³-hybridized carbons (Fsp3) is 0.750. The molecule has 0 unspecified atom stereocenters. The van der Waals surface area contributed by atoms with Crippen LogP contribution in [-0.2, 0) is 13.2 Å². The maximum absolute atomic E-state index is 12.9. The van der Waals surface area contributed by atoms with Crippen LogP contribution in [0, 0.1) is 0 Å². The molecule has 2 fully saturated rings. The minimum Gasteiger partial charge on any atom is -0.392 e. The van der Waals surface area contributed by atoms with Crippen LogP contribution in [0.3, 0.4) is 0 Å². The molecule has 1 atom stereocenters. The number of hydrogen-bond acceptors (Lipinski definition) is 4. The number of hydrogen-bond donors (Lipinski definition) is 1. The van der Waals surface area contributed by atoms with Gasteiger partial charge in [0.25, 0.3) is 5.91 Å². The van der Waals surface area contributed by atoms with E-state index >= 15 is 0 Å². The van der Waals surface area contributed by atoms with Crippen molar-refractivity contribution >= 4 is 17.5 Å². The summed E-state index contributed by atoms with van der Waals surface area (Å²) < 4.78 is 39.7. The molecule has 1 amide bonds. The molecule has 26 heavy (non-hydrogen) atoms. The number of aliphatic hydroxyl groups is 1. The van der Waals surface area contributed by atoms with Crippen LogP contribution in [0.15, 0.2) is 0 Å². The standard InChI is InChI=1S/C16H22ClF3N4O2/c1-22-13(12(17)14(21-22)16(18,19)20)15(26)23-7-4-10(5-8-23)24-6-2-3-11(25)9-24/h10-11,25H,2-9H2,1H3/t11-/m1/s1. The molecule has 1 N–H and O–H groups in total. The van der Waals surface area contributed by atoms with Crippen molar-refractivity contribution in [2.75, 3.05) is 26.2 Å². The van der Waals surface area contributed by atoms with Gasteiger partial charge in [-0.3, -0.25) is 14.4 Å². The van der Waals surface area contributed by atoms with E-state index in [1.165, 1.54) is 11.9 Å². The third-order valence-corrected chi connectivity index (χ3v) is 5.51. The Kier molecular flexibility index (Phi) is 5.50. The van der Waals surface area contributed by atoms with Gasteiger partial charge in [0.05, 0.1) is 6.10 Å². The van der Waals surface area contributed by atoms with E-state index in [1.54, 1.807) is 0 Å². The van der Waals surface area contributed by atoms with Gasteiger partial charge in [0.15, 0.2) is 5.69 Å². The van der Waals surface area contributed by atoms with Crippen LogP contribution >= 0.6 is 11.6 Å². The number of aryl methyl sites for hydroxylation is 1. The number of halogens is 4. The van der Waals surface area contributed by atoms with Gasteiger partial charge in [0, 0.05) is 32.7 Å². The number of aliphatic hydroxyl groups excluding tert-OH is 1. The Morgan fingerprint density at radius 1 is 1.23 bits per heavy atom. The molecule has 0 saturated carbocycles. The summed E-state index contributed by atoms with van der Waals surface area (Å²) >= 11 is 5.81. The Morgan fingerprint density at radius 3 is 2.42 bits per heavy atom. The van der Waals surface area contributed by atoms with Crippen molar-refractivity contribution < 1.29 is 23.1 Å². The van der Waals surface area contributed by atoms with Gasteiger partial charge in [-0.15, -0.1) is 0 Å². The van der Waals surface area contributed by atoms with Gasteiger partial charge >= 0.3 is 6.18 Å². The second-order valence-corrected chi connectivity index (χ2v) is 7.32. The zero-order valence-electron chi connectivity index (χ0n) is 14.5. The second-order valence-electron chi connectivity index (χ2n) is 6.95. The number of piperidine rings is 2. The van der Waals surface area contributed by atoms with Crippen molar-refractivity contribution in [2.24, 2.45) is 7.05 Å². The van der Waals surface area contributed by atoms with Crippen LogP contribution in [0.5, 0.6) is 0 Å². The molecule has 6 nitrogen and oxygen atoms in total. The Morgan fingerprint density at radius 2 is 1.88 bits per heavy atom. The Hall–Kier alpha value is -1.32. The molecule has 146 valence electrons. The van der Waals surface area contributed by atoms with Crippen LogP contribution in [-0.4, -0.2) is 68.9 Å². The second kappa shape index (κ2) is 7.36. The highest BCUT2D eigenvalue weighted by atomic mass is 35.5. The molecule has 10 heteroatoms. The van der Waals surface area contributed by atoms with Gasteiger partial charge in [-0.1, -0.05) is 11.6 Å². The fourth-order valence-electron chi connectivity index (χ4n) is 3.81. The van der Waals surface area contributed by atoms with Crippen molar-refractivity contribution in [3.8, 4) is 0 Å². The van der Waals surface area contributed by atoms with Crippen LogP contribution < -0.4 is 0 Å². The summed E-state index contributed by atoms with van der Waals surface area (Å²) in [6, 6.07) is 0.279. The number of carbonyl (C=O) groups is 1. The lowest BCUT2D eigenvalue weighted by Gasteiger charge is -2.41. The van der Waals surface area contributed by atoms with E-state index in [4.69, 9.17) is 11.6 Å². The first-order chi connectivity index (χ1) is 12.2. The molecule has 0 aliphatic carbocycles. The maximum Gasteiger partial charge on any atom is 0.436 e. The molecular weight excluding hydrogens is 373 g/mol. The molecule has 3 rings (SSSR count). The number of alkyl halides is 3. The number of rotatable bonds is 2. The largest absolute Gasteiger partial charge is 0.436 e. The SMILES string of the molecule is Cn1nc(C(F)(F)F)c(Cl)c1C(=O)N1CCC(N2CCC[C@@H](O)C2)CC1. The first kappa shape index (κ1) is 19.4. The summed E-state index contributed by atoms with van der Waals surface area (Å²) in [4.78, 5) is 16.4. The molecule has 1 aromatic heterocycles. The molecule has 2 aliphatic heterocycles. The molecule has 0 radical (unpaired) electrons. The van der Waals surface area contributed by atoms with Crippen molar-refractivity contribution in [1.29, 1.82) is 0 Å². The van der Waals surface area contributed by atoms with Gasteiger partial charge < -0.3 is 10.0 Å². The highest BCUT2D eigenvalue weighted by Crippen LogP contribution is 2.36. The first-order valence-corrected chi connectivity index (χ1v) is 9.07. The molecule has 0 bridgehead atoms. The predicted octanol–water partition coefficient (Wildman–Crippen LogP) is 2.15. The molecule has 1 aromatic rings. The third-order valence-electron chi connectivity index (χ3n) is 5.16. The molecule has 0 aromatic carbocycles. The van der Waals surface area contributed by atoms with E-state index in [0.717, 1.165) is 36.9 Å². The van der Waals surface area contributed by atoms with Gasteiger partial charge in [0.1, 0.15) is 10.7 Å². The van der Waals surface area contributed by atoms with E-state index < -0.39 is 22.8 Å². The Balaban J connectivity index is 1.67. The van der Waals surface area contributed by atoms with E-state index in [2.05, 4.69) is 10.00 Å². The lowest BCUT2D eigenvalue weighted by molar-refractivity contribution is -0.141. The van der Waals surface area contributed by atoms with Gasteiger partial charge in [-0.2, -0.15) is 18.3 Å². The Bertz CT molecular complexity index is 671. The van der Waals surface area contributed by atoms with Gasteiger partial charge in [-0.25, -0.2) is 0 Å². The normalized spacial score (nSPS) is 23.5. The van der Waals surface area contributed by atoms with Crippen molar-refractivity contribution in [3.63, 3.8) is 0 Å². The highest BCUT2D eigenvalue weighted by molar-refractivity contribution is 6.34. The highest BCUT2D eigenvalue weighted by Gasteiger charge is 2.41. The summed E-state index contributed by atoms with van der Waals surface area (Å²) in [5.41, 5.74) is -1.46. The van der Waals surface area contributed by atoms with Crippen LogP contribution in [0.2, 0.25) is 5.02 Å². The smallest absolute Gasteiger partial charge is 0.392 e. The maximum atomic E-state index is 12.9. The minimum absolute atomic E-state index is 0.231. The summed E-state index contributed by atoms with van der Waals surface area (Å²) in [6.07, 6.45) is -1.80. The molecule has 2 aliphatic rings. The fourth-order valence-corrected chi connectivity index (χ4v) is 4.16. The van der Waals surface area contributed by atoms with Gasteiger partial charge in [0.2, 0.25) is 0 Å². The van der Waals surface area contributed by atoms with Crippen molar-refractivity contribution in [1.82, 2.24) is 19.6 Å². The number of β-amino-alcohol motifs (C(OH)–C–C–N with tert-alkyl or cyclic N) is 1. The number of carbonyl (C=O) groups excluding carboxylic acids is 1. The quantitative estimate of drug-likeness (QED) is 0.835. The summed E-state index contributed by atoms with van der Waals surface area (Å²) in [6.45, 7) is 2.46. The average molecular weight is 395 g/mol. The van der Waals surface area contributed by atoms with E-state index in [-0.39, 0.29) is 17.8 Å². The summed E-state index contributed by atoms with van der Waals surface area (Å²) in [7, 11) is 1.29. The van der Waals surface area contributed by atoms with Crippen molar-refractivity contribution in [2.45, 2.75) is 44.0 Å². The van der Waals surface area contributed by atoms with Gasteiger partial charge in [-0.05, 0) is 32.2 Å². The first-order valence-electron chi connectivity index (χ1n) is 8.69. The van der Waals surface area contributed by atoms with Crippen molar-refractivity contribution in [3.05, 3.63) is 16.4 Å². The lowest BCUT2D eigenvalue weighted by Crippen LogP contribution is -2.50. The van der Waals surface area contributed by atoms with E-state index in [1.807, 2.05) is 0 Å². The van der Waals surface area contributed by atoms with Crippen LogP contribution in [0.1, 0.15) is 41.9 Å². The van der Waals surface area contributed by atoms with E-state index in [0.29, 0.717) is 19.6 Å². The number of nitrogens with zero attached hydrogens (tertiary/aromatic N) is 4. The minimum atomic E-state index is -4.70. The average Bonchev–Trinajstić information content (AvgIpc) is 2.89. The summed E-state index contributed by atoms with van der Waals surface area (Å²) in [5.74, 6) is -0.530. The Labute approximate surface area is 154 Å². The lowest BCUT2D eigenvalue weighted by atomic mass is 9.99. The molecule has 2 saturated heterocycles. The zero-order valence-corrected chi connectivity index (χ0v) is 15.2. The zero-order chi connectivity index (χ0) is 19.1. The molecule has 0 spiro atoms. The number of aromatic nitrogens is 2. The number of likely N-dealkylation sites (tertiary alicyclic amines) is 2. The summed E-state index contributed by atoms with van der Waals surface area (Å²) in [5, 5.41) is 12.5. The molecular formula is C16H22ClF3N4O2. The van der Waals surface area contributed by atoms with E-state index in [9.17, 15) is 23.1 Å². The van der Waals surface area contributed by atoms with Crippen LogP contribution in [0.25, 0.3) is 0 Å².